The zero-order chi connectivity index (χ0) is 20.0. The third-order valence-electron chi connectivity index (χ3n) is 5.48. The average Bonchev–Trinajstić information content (AvgIpc) is 3.06. The molecule has 0 bridgehead atoms. The van der Waals surface area contributed by atoms with Crippen LogP contribution in [0.2, 0.25) is 0 Å². The van der Waals surface area contributed by atoms with Crippen LogP contribution >= 0.6 is 15.9 Å². The van der Waals surface area contributed by atoms with Crippen LogP contribution in [0.25, 0.3) is 11.2 Å². The van der Waals surface area contributed by atoms with Gasteiger partial charge < -0.3 is 9.80 Å². The van der Waals surface area contributed by atoms with E-state index in [-0.39, 0.29) is 11.2 Å². The highest BCUT2D eigenvalue weighted by Crippen LogP contribution is 2.22. The van der Waals surface area contributed by atoms with Crippen LogP contribution in [0.15, 0.2) is 38.3 Å². The van der Waals surface area contributed by atoms with Crippen LogP contribution in [0.5, 0.6) is 0 Å². The molecular weight excluding hydrogens is 424 g/mol. The minimum Gasteiger partial charge on any atom is -0.334 e. The molecule has 8 nitrogen and oxygen atoms in total. The summed E-state index contributed by atoms with van der Waals surface area (Å²) in [4.78, 5) is 33.8. The summed E-state index contributed by atoms with van der Waals surface area (Å²) in [5.74, 6) is 0.753. The van der Waals surface area contributed by atoms with E-state index in [1.165, 1.54) is 16.5 Å². The van der Waals surface area contributed by atoms with Gasteiger partial charge in [0.1, 0.15) is 0 Å². The van der Waals surface area contributed by atoms with E-state index in [0.717, 1.165) is 46.7 Å². The third kappa shape index (κ3) is 3.18. The summed E-state index contributed by atoms with van der Waals surface area (Å²) in [5, 5.41) is 0. The Bertz CT molecular complexity index is 1140. The normalized spacial score (nSPS) is 15.5. The molecule has 28 heavy (non-hydrogen) atoms. The number of likely N-dealkylation sites (N-methyl/N-ethyl adjacent to an activating group) is 1. The smallest absolute Gasteiger partial charge is 0.332 e. The van der Waals surface area contributed by atoms with E-state index < -0.39 is 0 Å². The van der Waals surface area contributed by atoms with Crippen LogP contribution in [0, 0.1) is 0 Å². The van der Waals surface area contributed by atoms with Crippen LogP contribution in [0.3, 0.4) is 0 Å². The molecule has 0 amide bonds. The summed E-state index contributed by atoms with van der Waals surface area (Å²) >= 11 is 3.46. The summed E-state index contributed by atoms with van der Waals surface area (Å²) in [6.45, 7) is 4.27. The summed E-state index contributed by atoms with van der Waals surface area (Å²) < 4.78 is 5.58. The van der Waals surface area contributed by atoms with Gasteiger partial charge in [-0.3, -0.25) is 18.5 Å². The lowest BCUT2D eigenvalue weighted by atomic mass is 10.2. The molecular formula is C19H24BrN6O2+. The first-order chi connectivity index (χ1) is 13.4. The SMILES string of the molecule is Cn1c(=O)c2c(nc(N3CC[NH+](C)CC3)n2Cc2ccc(Br)cc2)n(C)c1=O. The second-order valence-electron chi connectivity index (χ2n) is 7.45. The summed E-state index contributed by atoms with van der Waals surface area (Å²) in [6.07, 6.45) is 0. The highest BCUT2D eigenvalue weighted by Gasteiger charge is 2.26. The molecule has 3 aromatic rings. The topological polar surface area (TPSA) is 69.5 Å². The molecule has 1 aliphatic heterocycles. The lowest BCUT2D eigenvalue weighted by Crippen LogP contribution is -3.12. The highest BCUT2D eigenvalue weighted by molar-refractivity contribution is 9.10. The number of aromatic nitrogens is 4. The van der Waals surface area contributed by atoms with Crippen LogP contribution in [0.4, 0.5) is 5.95 Å². The highest BCUT2D eigenvalue weighted by atomic mass is 79.9. The fourth-order valence-electron chi connectivity index (χ4n) is 3.69. The quantitative estimate of drug-likeness (QED) is 0.591. The Hall–Kier alpha value is -2.39. The first-order valence-electron chi connectivity index (χ1n) is 9.33. The van der Waals surface area contributed by atoms with Crippen molar-refractivity contribution in [3.05, 3.63) is 55.1 Å². The molecule has 1 fully saturated rings. The van der Waals surface area contributed by atoms with Crippen molar-refractivity contribution in [2.24, 2.45) is 14.1 Å². The van der Waals surface area contributed by atoms with Gasteiger partial charge in [-0.25, -0.2) is 4.79 Å². The van der Waals surface area contributed by atoms with Gasteiger partial charge in [0.2, 0.25) is 5.95 Å². The van der Waals surface area contributed by atoms with E-state index in [1.807, 2.05) is 28.8 Å². The third-order valence-corrected chi connectivity index (χ3v) is 6.01. The van der Waals surface area contributed by atoms with Gasteiger partial charge >= 0.3 is 5.69 Å². The summed E-state index contributed by atoms with van der Waals surface area (Å²) in [7, 11) is 5.36. The molecule has 148 valence electrons. The lowest BCUT2D eigenvalue weighted by Gasteiger charge is -2.31. The average molecular weight is 448 g/mol. The number of piperazine rings is 1. The molecule has 9 heteroatoms. The maximum Gasteiger partial charge on any atom is 0.332 e. The predicted octanol–water partition coefficient (Wildman–Crippen LogP) is -0.421. The van der Waals surface area contributed by atoms with Gasteiger partial charge in [-0.15, -0.1) is 0 Å². The van der Waals surface area contributed by atoms with Crippen LogP contribution in [0.1, 0.15) is 5.56 Å². The molecule has 0 atom stereocenters. The van der Waals surface area contributed by atoms with Crippen molar-refractivity contribution in [1.29, 1.82) is 0 Å². The van der Waals surface area contributed by atoms with E-state index in [0.29, 0.717) is 17.7 Å². The number of aryl methyl sites for hydroxylation is 1. The number of imidazole rings is 1. The number of fused-ring (bicyclic) bond motifs is 1. The van der Waals surface area contributed by atoms with Crippen molar-refractivity contribution >= 4 is 33.0 Å². The van der Waals surface area contributed by atoms with Crippen molar-refractivity contribution in [2.75, 3.05) is 38.1 Å². The summed E-state index contributed by atoms with van der Waals surface area (Å²) in [6, 6.07) is 8.03. The van der Waals surface area contributed by atoms with E-state index >= 15 is 0 Å². The summed E-state index contributed by atoms with van der Waals surface area (Å²) in [5.41, 5.74) is 1.30. The molecule has 0 unspecified atom stereocenters. The van der Waals surface area contributed by atoms with Crippen molar-refractivity contribution < 1.29 is 4.90 Å². The molecule has 1 aliphatic rings. The van der Waals surface area contributed by atoms with Crippen molar-refractivity contribution in [2.45, 2.75) is 6.54 Å². The number of anilines is 1. The van der Waals surface area contributed by atoms with Crippen LogP contribution < -0.4 is 21.0 Å². The number of rotatable bonds is 3. The van der Waals surface area contributed by atoms with Gasteiger partial charge in [0.15, 0.2) is 11.2 Å². The molecule has 1 saturated heterocycles. The monoisotopic (exact) mass is 447 g/mol. The molecule has 2 aromatic heterocycles. The zero-order valence-electron chi connectivity index (χ0n) is 16.3. The Labute approximate surface area is 170 Å². The number of halogens is 1. The van der Waals surface area contributed by atoms with Crippen LogP contribution in [-0.2, 0) is 20.6 Å². The number of nitrogens with zero attached hydrogens (tertiary/aromatic N) is 5. The molecule has 0 spiro atoms. The standard InChI is InChI=1S/C19H23BrN6O2/c1-22-8-10-25(11-9-22)18-21-16-15(17(27)24(3)19(28)23(16)2)26(18)12-13-4-6-14(20)7-5-13/h4-7H,8-12H2,1-3H3/p+1. The van der Waals surface area contributed by atoms with Gasteiger partial charge in [-0.05, 0) is 17.7 Å². The first kappa shape index (κ1) is 18.9. The minimum absolute atomic E-state index is 0.311. The number of nitrogens with one attached hydrogen (secondary N) is 1. The first-order valence-corrected chi connectivity index (χ1v) is 10.1. The molecule has 0 aliphatic carbocycles. The minimum atomic E-state index is -0.361. The van der Waals surface area contributed by atoms with E-state index in [1.54, 1.807) is 7.05 Å². The zero-order valence-corrected chi connectivity index (χ0v) is 17.9. The number of hydrogen-bond acceptors (Lipinski definition) is 4. The molecule has 3 heterocycles. The predicted molar refractivity (Wildman–Crippen MR) is 112 cm³/mol. The fraction of sp³-hybridized carbons (Fsp3) is 0.421. The lowest BCUT2D eigenvalue weighted by molar-refractivity contribution is -0.880. The Kier molecular flexibility index (Phi) is 4.88. The van der Waals surface area contributed by atoms with Gasteiger partial charge in [-0.1, -0.05) is 28.1 Å². The van der Waals surface area contributed by atoms with E-state index in [4.69, 9.17) is 4.98 Å². The maximum atomic E-state index is 13.0. The Morgan fingerprint density at radius 3 is 2.36 bits per heavy atom. The second kappa shape index (κ2) is 7.21. The Balaban J connectivity index is 1.92. The molecule has 0 saturated carbocycles. The Morgan fingerprint density at radius 2 is 1.71 bits per heavy atom. The molecule has 1 aromatic carbocycles. The van der Waals surface area contributed by atoms with Crippen LogP contribution in [-0.4, -0.2) is 51.9 Å². The van der Waals surface area contributed by atoms with Gasteiger partial charge in [0.25, 0.3) is 5.56 Å². The molecule has 1 N–H and O–H groups in total. The number of benzene rings is 1. The Morgan fingerprint density at radius 1 is 1.07 bits per heavy atom. The number of quaternary nitrogens is 1. The molecule has 0 radical (unpaired) electrons. The largest absolute Gasteiger partial charge is 0.334 e. The second-order valence-corrected chi connectivity index (χ2v) is 8.36. The maximum absolute atomic E-state index is 13.0. The van der Waals surface area contributed by atoms with E-state index in [2.05, 4.69) is 27.9 Å². The van der Waals surface area contributed by atoms with Gasteiger partial charge in [0, 0.05) is 18.6 Å². The molecule has 4 rings (SSSR count). The van der Waals surface area contributed by atoms with Gasteiger partial charge in [-0.2, -0.15) is 4.98 Å². The number of hydrogen-bond donors (Lipinski definition) is 1. The van der Waals surface area contributed by atoms with Crippen molar-refractivity contribution in [3.8, 4) is 0 Å². The van der Waals surface area contributed by atoms with Crippen molar-refractivity contribution in [1.82, 2.24) is 18.7 Å². The fourth-order valence-corrected chi connectivity index (χ4v) is 3.95. The van der Waals surface area contributed by atoms with Crippen molar-refractivity contribution in [3.63, 3.8) is 0 Å². The van der Waals surface area contributed by atoms with E-state index in [9.17, 15) is 9.59 Å². The van der Waals surface area contributed by atoms with Gasteiger partial charge in [0.05, 0.1) is 39.8 Å².